The number of amides is 2. The van der Waals surface area contributed by atoms with Crippen LogP contribution in [0.4, 0.5) is 13.2 Å². The molecule has 122 valence electrons. The lowest BCUT2D eigenvalue weighted by molar-refractivity contribution is -0.141. The number of nitrogens with zero attached hydrogens (tertiary/aromatic N) is 3. The van der Waals surface area contributed by atoms with Gasteiger partial charge in [0.2, 0.25) is 11.8 Å². The molecule has 1 aromatic rings. The summed E-state index contributed by atoms with van der Waals surface area (Å²) in [5, 5.41) is 0. The van der Waals surface area contributed by atoms with Crippen LogP contribution in [0.15, 0.2) is 6.20 Å². The average molecular weight is 319 g/mol. The predicted molar refractivity (Wildman–Crippen MR) is 69.0 cm³/mol. The Bertz CT molecular complexity index is 584. The highest BCUT2D eigenvalue weighted by Crippen LogP contribution is 2.29. The number of imidazole rings is 1. The summed E-state index contributed by atoms with van der Waals surface area (Å²) in [6.07, 6.45) is -3.50. The number of hydrogen-bond acceptors (Lipinski definition) is 4. The number of hydrogen-bond donors (Lipinski definition) is 2. The Labute approximate surface area is 124 Å². The molecule has 2 rings (SSSR count). The summed E-state index contributed by atoms with van der Waals surface area (Å²) in [6.45, 7) is 0.412. The molecule has 1 aromatic heterocycles. The van der Waals surface area contributed by atoms with E-state index in [2.05, 4.69) is 4.98 Å². The lowest BCUT2D eigenvalue weighted by Gasteiger charge is -2.29. The van der Waals surface area contributed by atoms with Gasteiger partial charge in [-0.2, -0.15) is 13.2 Å². The Morgan fingerprint density at radius 2 is 2.05 bits per heavy atom. The normalized spacial score (nSPS) is 16.3. The smallest absolute Gasteiger partial charge is 0.370 e. The summed E-state index contributed by atoms with van der Waals surface area (Å²) in [4.78, 5) is 27.7. The van der Waals surface area contributed by atoms with Gasteiger partial charge in [0.25, 0.3) is 0 Å². The highest BCUT2D eigenvalue weighted by atomic mass is 19.4. The van der Waals surface area contributed by atoms with Crippen molar-refractivity contribution in [2.75, 3.05) is 6.54 Å². The van der Waals surface area contributed by atoms with Gasteiger partial charge < -0.3 is 20.9 Å². The maximum atomic E-state index is 12.6. The molecule has 0 spiro atoms. The lowest BCUT2D eigenvalue weighted by Crippen LogP contribution is -2.47. The summed E-state index contributed by atoms with van der Waals surface area (Å²) >= 11 is 0. The van der Waals surface area contributed by atoms with Crippen LogP contribution in [-0.2, 0) is 28.9 Å². The number of nitrogens with two attached hydrogens (primary N) is 2. The summed E-state index contributed by atoms with van der Waals surface area (Å²) < 4.78 is 39.2. The molecule has 1 aliphatic heterocycles. The number of aromatic nitrogens is 2. The lowest BCUT2D eigenvalue weighted by atomic mass is 10.1. The molecule has 0 bridgehead atoms. The molecular formula is C12H16F3N5O2. The maximum absolute atomic E-state index is 12.6. The molecule has 0 saturated heterocycles. The largest absolute Gasteiger partial charge is 0.434 e. The second-order valence-electron chi connectivity index (χ2n) is 5.10. The van der Waals surface area contributed by atoms with Gasteiger partial charge in [0.05, 0.1) is 12.6 Å². The van der Waals surface area contributed by atoms with Gasteiger partial charge in [0.15, 0.2) is 5.69 Å². The molecule has 2 heterocycles. The van der Waals surface area contributed by atoms with Gasteiger partial charge in [-0.15, -0.1) is 0 Å². The number of rotatable bonds is 4. The van der Waals surface area contributed by atoms with Crippen LogP contribution in [0.1, 0.15) is 24.4 Å². The third-order valence-corrected chi connectivity index (χ3v) is 3.42. The van der Waals surface area contributed by atoms with Crippen LogP contribution in [0.3, 0.4) is 0 Å². The molecule has 1 atom stereocenters. The molecule has 2 amide bonds. The van der Waals surface area contributed by atoms with E-state index in [4.69, 9.17) is 11.5 Å². The Kier molecular flexibility index (Phi) is 4.40. The number of halogens is 3. The topological polar surface area (TPSA) is 107 Å². The van der Waals surface area contributed by atoms with E-state index < -0.39 is 29.7 Å². The van der Waals surface area contributed by atoms with Crippen molar-refractivity contribution >= 4 is 11.8 Å². The van der Waals surface area contributed by atoms with Gasteiger partial charge in [0.1, 0.15) is 5.82 Å². The van der Waals surface area contributed by atoms with Crippen molar-refractivity contribution in [1.82, 2.24) is 14.5 Å². The van der Waals surface area contributed by atoms with Crippen molar-refractivity contribution < 1.29 is 22.8 Å². The Balaban J connectivity index is 2.03. The fraction of sp³-hybridized carbons (Fsp3) is 0.583. The van der Waals surface area contributed by atoms with Gasteiger partial charge >= 0.3 is 6.18 Å². The van der Waals surface area contributed by atoms with Crippen LogP contribution >= 0.6 is 0 Å². The molecule has 4 N–H and O–H groups in total. The number of primary amides is 1. The SMILES string of the molecule is NC(=O)CC[C@H](N)C(=O)N1CCn2cc(C(F)(F)F)nc2C1. The minimum atomic E-state index is -4.52. The third-order valence-electron chi connectivity index (χ3n) is 3.42. The summed E-state index contributed by atoms with van der Waals surface area (Å²) in [6, 6.07) is -0.906. The van der Waals surface area contributed by atoms with Crippen LogP contribution in [0.2, 0.25) is 0 Å². The zero-order valence-corrected chi connectivity index (χ0v) is 11.6. The monoisotopic (exact) mass is 319 g/mol. The summed E-state index contributed by atoms with van der Waals surface area (Å²) in [5.41, 5.74) is 9.69. The Hall–Kier alpha value is -2.10. The Morgan fingerprint density at radius 3 is 2.64 bits per heavy atom. The first-order valence-electron chi connectivity index (χ1n) is 6.64. The Morgan fingerprint density at radius 1 is 1.36 bits per heavy atom. The van der Waals surface area contributed by atoms with E-state index in [1.165, 1.54) is 9.47 Å². The minimum Gasteiger partial charge on any atom is -0.370 e. The van der Waals surface area contributed by atoms with Gasteiger partial charge in [0, 0.05) is 25.7 Å². The minimum absolute atomic E-state index is 0.0202. The molecule has 0 aromatic carbocycles. The molecule has 0 unspecified atom stereocenters. The molecular weight excluding hydrogens is 303 g/mol. The third kappa shape index (κ3) is 3.56. The predicted octanol–water partition coefficient (Wildman–Crippen LogP) is -0.163. The van der Waals surface area contributed by atoms with Crippen molar-refractivity contribution in [1.29, 1.82) is 0 Å². The van der Waals surface area contributed by atoms with Gasteiger partial charge in [-0.1, -0.05) is 0 Å². The molecule has 0 radical (unpaired) electrons. The maximum Gasteiger partial charge on any atom is 0.434 e. The summed E-state index contributed by atoms with van der Waals surface area (Å²) in [7, 11) is 0. The first kappa shape index (κ1) is 16.3. The molecule has 10 heteroatoms. The number of fused-ring (bicyclic) bond motifs is 1. The van der Waals surface area contributed by atoms with Crippen molar-refractivity contribution in [3.05, 3.63) is 17.7 Å². The van der Waals surface area contributed by atoms with E-state index in [1.807, 2.05) is 0 Å². The number of carbonyl (C=O) groups excluding carboxylic acids is 2. The highest BCUT2D eigenvalue weighted by Gasteiger charge is 2.36. The summed E-state index contributed by atoms with van der Waals surface area (Å²) in [5.74, 6) is -0.828. The first-order chi connectivity index (χ1) is 10.2. The van der Waals surface area contributed by atoms with Gasteiger partial charge in [-0.3, -0.25) is 9.59 Å². The quantitative estimate of drug-likeness (QED) is 0.804. The fourth-order valence-corrected chi connectivity index (χ4v) is 2.23. The van der Waals surface area contributed by atoms with Crippen LogP contribution < -0.4 is 11.5 Å². The standard InChI is InChI=1S/C12H16F3N5O2/c13-12(14,15)8-5-19-3-4-20(6-10(19)18-8)11(22)7(16)1-2-9(17)21/h5,7H,1-4,6,16H2,(H2,17,21)/t7-/m0/s1. The first-order valence-corrected chi connectivity index (χ1v) is 6.64. The second-order valence-corrected chi connectivity index (χ2v) is 5.10. The second kappa shape index (κ2) is 5.95. The van der Waals surface area contributed by atoms with Crippen molar-refractivity contribution in [3.63, 3.8) is 0 Å². The average Bonchev–Trinajstić information content (AvgIpc) is 2.86. The fourth-order valence-electron chi connectivity index (χ4n) is 2.23. The van der Waals surface area contributed by atoms with E-state index in [0.29, 0.717) is 0 Å². The molecule has 1 aliphatic rings. The molecule has 0 saturated carbocycles. The number of carbonyl (C=O) groups is 2. The van der Waals surface area contributed by atoms with Crippen LogP contribution in [-0.4, -0.2) is 38.9 Å². The molecule has 22 heavy (non-hydrogen) atoms. The van der Waals surface area contributed by atoms with E-state index in [0.717, 1.165) is 6.20 Å². The van der Waals surface area contributed by atoms with E-state index in [-0.39, 0.29) is 38.3 Å². The van der Waals surface area contributed by atoms with E-state index in [1.54, 1.807) is 0 Å². The van der Waals surface area contributed by atoms with E-state index >= 15 is 0 Å². The van der Waals surface area contributed by atoms with Crippen molar-refractivity contribution in [2.24, 2.45) is 11.5 Å². The van der Waals surface area contributed by atoms with Crippen LogP contribution in [0.5, 0.6) is 0 Å². The molecule has 0 aliphatic carbocycles. The van der Waals surface area contributed by atoms with Gasteiger partial charge in [-0.25, -0.2) is 4.98 Å². The van der Waals surface area contributed by atoms with Crippen molar-refractivity contribution in [2.45, 2.75) is 38.1 Å². The van der Waals surface area contributed by atoms with E-state index in [9.17, 15) is 22.8 Å². The van der Waals surface area contributed by atoms with Crippen LogP contribution in [0.25, 0.3) is 0 Å². The molecule has 0 fully saturated rings. The van der Waals surface area contributed by atoms with Crippen LogP contribution in [0, 0.1) is 0 Å². The molecule has 7 nitrogen and oxygen atoms in total. The zero-order chi connectivity index (χ0) is 16.5. The van der Waals surface area contributed by atoms with Crippen molar-refractivity contribution in [3.8, 4) is 0 Å². The number of alkyl halides is 3. The zero-order valence-electron chi connectivity index (χ0n) is 11.6. The van der Waals surface area contributed by atoms with Gasteiger partial charge in [-0.05, 0) is 6.42 Å². The highest BCUT2D eigenvalue weighted by molar-refractivity contribution is 5.82.